The molecule has 9 aromatic rings. The van der Waals surface area contributed by atoms with E-state index in [0.717, 1.165) is 46.7 Å². The number of aromatic nitrogens is 4. The van der Waals surface area contributed by atoms with Crippen molar-refractivity contribution in [1.82, 2.24) is 19.9 Å². The standard InChI is InChI=1S/C50H50N4S2/c1-3-5-7-9-11-13-19-33-34(20-14-12-10-8-6-4-2)50-48(46-36-24-26-42(40-22-16-18-32-52-40)54-38(36)28-30-44(46)56-50)47-45-35-23-25-41(39-21-15-17-31-51-39)53-37(35)27-29-43(45)55-49(33)47/h15-18,21-32H,3-14,19-20H2,1-2H3. The molecule has 6 aromatic heterocycles. The first-order valence-corrected chi connectivity index (χ1v) is 22.6. The molecule has 56 heavy (non-hydrogen) atoms. The molecule has 6 heterocycles. The number of hydrogen-bond acceptors (Lipinski definition) is 6. The molecule has 0 unspecified atom stereocenters. The Bertz CT molecular complexity index is 2590. The fourth-order valence-corrected chi connectivity index (χ4v) is 11.4. The number of benzene rings is 3. The molecule has 0 saturated carbocycles. The van der Waals surface area contributed by atoms with Gasteiger partial charge in [-0.1, -0.05) is 90.2 Å². The van der Waals surface area contributed by atoms with E-state index in [2.05, 4.69) is 72.3 Å². The number of fused-ring (bicyclic) bond motifs is 11. The fourth-order valence-electron chi connectivity index (χ4n) is 8.79. The highest BCUT2D eigenvalue weighted by Crippen LogP contribution is 2.51. The molecule has 6 heteroatoms. The van der Waals surface area contributed by atoms with E-state index < -0.39 is 0 Å². The van der Waals surface area contributed by atoms with Gasteiger partial charge in [0.25, 0.3) is 0 Å². The smallest absolute Gasteiger partial charge is 0.0893 e. The molecule has 0 radical (unpaired) electrons. The van der Waals surface area contributed by atoms with Crippen molar-refractivity contribution in [2.45, 2.75) is 104 Å². The SMILES string of the molecule is CCCCCCCCc1c(CCCCCCCC)c2sc3ccc4nc(-c5ccccn5)ccc4c3c2c2c1sc1ccc3nc(-c4ccccn4)ccc3c12. The molecule has 0 N–H and O–H groups in total. The molecule has 0 amide bonds. The lowest BCUT2D eigenvalue weighted by Crippen LogP contribution is -1.98. The summed E-state index contributed by atoms with van der Waals surface area (Å²) in [5.74, 6) is 0. The van der Waals surface area contributed by atoms with Gasteiger partial charge in [0.15, 0.2) is 0 Å². The van der Waals surface area contributed by atoms with Gasteiger partial charge in [-0.15, -0.1) is 22.7 Å². The highest BCUT2D eigenvalue weighted by Gasteiger charge is 2.24. The fraction of sp³-hybridized carbons (Fsp3) is 0.320. The molecular weight excluding hydrogens is 721 g/mol. The lowest BCUT2D eigenvalue weighted by atomic mass is 9.90. The Morgan fingerprint density at radius 3 is 1.29 bits per heavy atom. The summed E-state index contributed by atoms with van der Waals surface area (Å²) in [7, 11) is 0. The summed E-state index contributed by atoms with van der Waals surface area (Å²) in [6, 6.07) is 30.2. The molecule has 0 saturated heterocycles. The molecule has 3 aromatic carbocycles. The lowest BCUT2D eigenvalue weighted by molar-refractivity contribution is 0.601. The number of rotatable bonds is 16. The first kappa shape index (κ1) is 36.8. The van der Waals surface area contributed by atoms with Crippen LogP contribution in [0, 0.1) is 0 Å². The molecule has 0 atom stereocenters. The molecule has 282 valence electrons. The Morgan fingerprint density at radius 1 is 0.411 bits per heavy atom. The predicted molar refractivity (Wildman–Crippen MR) is 243 cm³/mol. The van der Waals surface area contributed by atoms with Gasteiger partial charge in [-0.3, -0.25) is 9.97 Å². The van der Waals surface area contributed by atoms with Crippen LogP contribution in [0.5, 0.6) is 0 Å². The van der Waals surface area contributed by atoms with E-state index in [1.54, 1.807) is 11.1 Å². The van der Waals surface area contributed by atoms with Crippen molar-refractivity contribution in [1.29, 1.82) is 0 Å². The third-order valence-corrected chi connectivity index (χ3v) is 14.1. The number of unbranched alkanes of at least 4 members (excludes halogenated alkanes) is 10. The number of aryl methyl sites for hydroxylation is 2. The summed E-state index contributed by atoms with van der Waals surface area (Å²) < 4.78 is 5.66. The summed E-state index contributed by atoms with van der Waals surface area (Å²) in [6.45, 7) is 4.62. The van der Waals surface area contributed by atoms with Crippen LogP contribution in [0.1, 0.15) is 102 Å². The normalized spacial score (nSPS) is 12.0. The van der Waals surface area contributed by atoms with E-state index in [9.17, 15) is 0 Å². The highest BCUT2D eigenvalue weighted by molar-refractivity contribution is 7.28. The van der Waals surface area contributed by atoms with Crippen molar-refractivity contribution in [3.05, 3.63) is 108 Å². The van der Waals surface area contributed by atoms with Crippen molar-refractivity contribution < 1.29 is 0 Å². The van der Waals surface area contributed by atoms with Crippen LogP contribution < -0.4 is 0 Å². The van der Waals surface area contributed by atoms with Crippen molar-refractivity contribution in [3.63, 3.8) is 0 Å². The second kappa shape index (κ2) is 16.8. The second-order valence-electron chi connectivity index (χ2n) is 15.4. The minimum absolute atomic E-state index is 0.903. The predicted octanol–water partition coefficient (Wildman–Crippen LogP) is 15.4. The largest absolute Gasteiger partial charge is 0.255 e. The van der Waals surface area contributed by atoms with Gasteiger partial charge in [-0.05, 0) is 110 Å². The molecule has 0 aliphatic heterocycles. The lowest BCUT2D eigenvalue weighted by Gasteiger charge is -2.15. The van der Waals surface area contributed by atoms with Gasteiger partial charge >= 0.3 is 0 Å². The third-order valence-electron chi connectivity index (χ3n) is 11.6. The summed E-state index contributed by atoms with van der Waals surface area (Å²) in [5, 5.41) is 7.96. The maximum Gasteiger partial charge on any atom is 0.0893 e. The maximum atomic E-state index is 5.23. The van der Waals surface area contributed by atoms with Crippen molar-refractivity contribution >= 4 is 84.8 Å². The minimum atomic E-state index is 0.903. The molecule has 0 aliphatic rings. The van der Waals surface area contributed by atoms with Crippen LogP contribution in [0.25, 0.3) is 84.9 Å². The van der Waals surface area contributed by atoms with Gasteiger partial charge in [-0.25, -0.2) is 9.97 Å². The van der Waals surface area contributed by atoms with Gasteiger partial charge in [0.05, 0.1) is 33.8 Å². The topological polar surface area (TPSA) is 51.6 Å². The average Bonchev–Trinajstić information content (AvgIpc) is 3.83. The Kier molecular flexibility index (Phi) is 11.0. The van der Waals surface area contributed by atoms with Crippen LogP contribution in [0.3, 0.4) is 0 Å². The Labute approximate surface area is 338 Å². The number of pyridine rings is 4. The van der Waals surface area contributed by atoms with Gasteiger partial charge < -0.3 is 0 Å². The van der Waals surface area contributed by atoms with Crippen LogP contribution in [-0.2, 0) is 12.8 Å². The van der Waals surface area contributed by atoms with Crippen molar-refractivity contribution in [2.24, 2.45) is 0 Å². The van der Waals surface area contributed by atoms with Crippen LogP contribution in [0.15, 0.2) is 97.3 Å². The number of nitrogens with zero attached hydrogens (tertiary/aromatic N) is 4. The zero-order chi connectivity index (χ0) is 37.8. The summed E-state index contributed by atoms with van der Waals surface area (Å²) in [6.07, 6.45) is 21.7. The molecule has 0 aliphatic carbocycles. The zero-order valence-electron chi connectivity index (χ0n) is 32.7. The van der Waals surface area contributed by atoms with E-state index in [4.69, 9.17) is 9.97 Å². The second-order valence-corrected chi connectivity index (χ2v) is 17.5. The van der Waals surface area contributed by atoms with Gasteiger partial charge in [0.2, 0.25) is 0 Å². The van der Waals surface area contributed by atoms with E-state index in [1.807, 2.05) is 71.5 Å². The van der Waals surface area contributed by atoms with Crippen LogP contribution in [0.4, 0.5) is 0 Å². The van der Waals surface area contributed by atoms with Crippen LogP contribution in [0.2, 0.25) is 0 Å². The molecule has 4 nitrogen and oxygen atoms in total. The average molecular weight is 771 g/mol. The summed E-state index contributed by atoms with van der Waals surface area (Å²) in [5.41, 5.74) is 8.89. The van der Waals surface area contributed by atoms with Gasteiger partial charge in [-0.2, -0.15) is 0 Å². The first-order valence-electron chi connectivity index (χ1n) is 21.0. The minimum Gasteiger partial charge on any atom is -0.255 e. The monoisotopic (exact) mass is 770 g/mol. The third kappa shape index (κ3) is 7.07. The van der Waals surface area contributed by atoms with Gasteiger partial charge in [0, 0.05) is 63.5 Å². The first-order chi connectivity index (χ1) is 27.7. The van der Waals surface area contributed by atoms with Crippen molar-refractivity contribution in [3.8, 4) is 22.8 Å². The Morgan fingerprint density at radius 2 is 0.857 bits per heavy atom. The highest BCUT2D eigenvalue weighted by atomic mass is 32.1. The zero-order valence-corrected chi connectivity index (χ0v) is 34.4. The maximum absolute atomic E-state index is 5.23. The Balaban J connectivity index is 1.30. The van der Waals surface area contributed by atoms with E-state index >= 15 is 0 Å². The molecule has 0 bridgehead atoms. The molecule has 9 rings (SSSR count). The van der Waals surface area contributed by atoms with Crippen molar-refractivity contribution in [2.75, 3.05) is 0 Å². The van der Waals surface area contributed by atoms with Crippen LogP contribution in [-0.4, -0.2) is 19.9 Å². The number of thiophene rings is 2. The van der Waals surface area contributed by atoms with Gasteiger partial charge in [0.1, 0.15) is 0 Å². The summed E-state index contributed by atoms with van der Waals surface area (Å²) >= 11 is 4.03. The number of hydrogen-bond donors (Lipinski definition) is 0. The van der Waals surface area contributed by atoms with Crippen LogP contribution >= 0.6 is 22.7 Å². The van der Waals surface area contributed by atoms with E-state index in [1.165, 1.54) is 128 Å². The summed E-state index contributed by atoms with van der Waals surface area (Å²) in [4.78, 5) is 19.7. The quantitative estimate of drug-likeness (QED) is 0.0918. The van der Waals surface area contributed by atoms with E-state index in [-0.39, 0.29) is 0 Å². The molecular formula is C50H50N4S2. The van der Waals surface area contributed by atoms with E-state index in [0.29, 0.717) is 0 Å². The molecule has 0 spiro atoms. The molecule has 0 fully saturated rings. The Hall–Kier alpha value is -4.78.